The molecule has 5 nitrogen and oxygen atoms in total. The van der Waals surface area contributed by atoms with Gasteiger partial charge in [0.1, 0.15) is 5.82 Å². The summed E-state index contributed by atoms with van der Waals surface area (Å²) < 4.78 is 0. The van der Waals surface area contributed by atoms with Crippen LogP contribution in [0.25, 0.3) is 0 Å². The van der Waals surface area contributed by atoms with Gasteiger partial charge < -0.3 is 10.2 Å². The third-order valence-corrected chi connectivity index (χ3v) is 3.78. The molecule has 21 heavy (non-hydrogen) atoms. The summed E-state index contributed by atoms with van der Waals surface area (Å²) in [6, 6.07) is 6.14. The van der Waals surface area contributed by atoms with Gasteiger partial charge in [0.15, 0.2) is 0 Å². The van der Waals surface area contributed by atoms with E-state index >= 15 is 0 Å². The summed E-state index contributed by atoms with van der Waals surface area (Å²) >= 11 is 0. The minimum Gasteiger partial charge on any atom is -0.370 e. The second-order valence-electron chi connectivity index (χ2n) is 5.58. The fourth-order valence-electron chi connectivity index (χ4n) is 2.59. The third kappa shape index (κ3) is 5.01. The zero-order chi connectivity index (χ0) is 15.1. The maximum absolute atomic E-state index is 11.4. The highest BCUT2D eigenvalue weighted by molar-refractivity contribution is 5.73. The maximum atomic E-state index is 11.4. The van der Waals surface area contributed by atoms with Gasteiger partial charge in [-0.3, -0.25) is 9.69 Å². The predicted molar refractivity (Wildman–Crippen MR) is 85.2 cm³/mol. The van der Waals surface area contributed by atoms with Crippen molar-refractivity contribution in [2.24, 2.45) is 0 Å². The summed E-state index contributed by atoms with van der Waals surface area (Å²) in [5, 5.41) is 3.32. The van der Waals surface area contributed by atoms with Crippen LogP contribution in [0.4, 0.5) is 5.82 Å². The van der Waals surface area contributed by atoms with Crippen LogP contribution in [0.3, 0.4) is 0 Å². The van der Waals surface area contributed by atoms with Crippen molar-refractivity contribution < 1.29 is 4.79 Å². The lowest BCUT2D eigenvalue weighted by Gasteiger charge is -2.21. The highest BCUT2D eigenvalue weighted by atomic mass is 16.2. The molecule has 2 heterocycles. The zero-order valence-electron chi connectivity index (χ0n) is 13.1. The molecule has 0 aliphatic carbocycles. The summed E-state index contributed by atoms with van der Waals surface area (Å²) in [5.74, 6) is 1.13. The molecule has 0 bridgehead atoms. The van der Waals surface area contributed by atoms with E-state index in [1.54, 1.807) is 6.92 Å². The van der Waals surface area contributed by atoms with Gasteiger partial charge in [0, 0.05) is 46.2 Å². The van der Waals surface area contributed by atoms with E-state index in [1.165, 1.54) is 0 Å². The Morgan fingerprint density at radius 1 is 1.29 bits per heavy atom. The third-order valence-electron chi connectivity index (χ3n) is 3.78. The molecule has 1 amide bonds. The molecule has 0 unspecified atom stereocenters. The van der Waals surface area contributed by atoms with Gasteiger partial charge in [0.25, 0.3) is 0 Å². The van der Waals surface area contributed by atoms with Crippen molar-refractivity contribution in [2.75, 3.05) is 38.0 Å². The van der Waals surface area contributed by atoms with Crippen LogP contribution in [0.15, 0.2) is 18.2 Å². The molecule has 1 fully saturated rings. The lowest BCUT2D eigenvalue weighted by atomic mass is 10.3. The fourth-order valence-corrected chi connectivity index (χ4v) is 2.59. The number of anilines is 1. The fraction of sp³-hybridized carbons (Fsp3) is 0.625. The first-order valence-corrected chi connectivity index (χ1v) is 7.86. The van der Waals surface area contributed by atoms with E-state index in [2.05, 4.69) is 34.3 Å². The molecule has 1 aliphatic rings. The molecular weight excluding hydrogens is 264 g/mol. The average Bonchev–Trinajstić information content (AvgIpc) is 2.71. The van der Waals surface area contributed by atoms with E-state index in [-0.39, 0.29) is 5.91 Å². The number of carbonyl (C=O) groups is 1. The number of carbonyl (C=O) groups excluding carboxylic acids is 1. The molecule has 0 spiro atoms. The van der Waals surface area contributed by atoms with E-state index in [0.717, 1.165) is 63.6 Å². The lowest BCUT2D eigenvalue weighted by Crippen LogP contribution is -2.33. The molecule has 1 saturated heterocycles. The van der Waals surface area contributed by atoms with Gasteiger partial charge in [-0.15, -0.1) is 0 Å². The second kappa shape index (κ2) is 7.98. The van der Waals surface area contributed by atoms with E-state index in [1.807, 2.05) is 11.0 Å². The van der Waals surface area contributed by atoms with E-state index < -0.39 is 0 Å². The summed E-state index contributed by atoms with van der Waals surface area (Å²) in [4.78, 5) is 20.4. The highest BCUT2D eigenvalue weighted by Crippen LogP contribution is 2.10. The normalized spacial score (nSPS) is 16.6. The Morgan fingerprint density at radius 3 is 2.90 bits per heavy atom. The summed E-state index contributed by atoms with van der Waals surface area (Å²) in [6.45, 7) is 9.25. The van der Waals surface area contributed by atoms with Gasteiger partial charge >= 0.3 is 0 Å². The smallest absolute Gasteiger partial charge is 0.219 e. The minimum atomic E-state index is 0.181. The summed E-state index contributed by atoms with van der Waals surface area (Å²) in [6.07, 6.45) is 2.13. The molecule has 0 radical (unpaired) electrons. The van der Waals surface area contributed by atoms with Crippen LogP contribution in [0, 0.1) is 0 Å². The molecule has 2 rings (SSSR count). The van der Waals surface area contributed by atoms with Gasteiger partial charge in [0.2, 0.25) is 5.91 Å². The number of hydrogen-bond donors (Lipinski definition) is 1. The number of pyridine rings is 1. The molecule has 0 aromatic carbocycles. The quantitative estimate of drug-likeness (QED) is 0.900. The second-order valence-corrected chi connectivity index (χ2v) is 5.58. The zero-order valence-corrected chi connectivity index (χ0v) is 13.1. The van der Waals surface area contributed by atoms with Crippen LogP contribution in [-0.4, -0.2) is 53.4 Å². The molecule has 0 saturated carbocycles. The summed E-state index contributed by atoms with van der Waals surface area (Å²) in [5.41, 5.74) is 1.09. The molecule has 1 aromatic heterocycles. The van der Waals surface area contributed by atoms with Gasteiger partial charge in [-0.2, -0.15) is 0 Å². The Balaban J connectivity index is 1.90. The first-order chi connectivity index (χ1) is 10.2. The molecule has 116 valence electrons. The van der Waals surface area contributed by atoms with Crippen molar-refractivity contribution >= 4 is 11.7 Å². The standard InChI is InChI=1S/C16H26N4O/c1-3-8-17-16-7-4-6-15(18-16)13-19-9-5-10-20(12-11-19)14(2)21/h4,6-7H,3,5,8-13H2,1-2H3,(H,17,18). The van der Waals surface area contributed by atoms with Gasteiger partial charge in [-0.25, -0.2) is 4.98 Å². The van der Waals surface area contributed by atoms with Crippen LogP contribution in [-0.2, 0) is 11.3 Å². The number of amides is 1. The van der Waals surface area contributed by atoms with Gasteiger partial charge in [0.05, 0.1) is 5.69 Å². The van der Waals surface area contributed by atoms with Gasteiger partial charge in [-0.1, -0.05) is 13.0 Å². The molecule has 1 aliphatic heterocycles. The topological polar surface area (TPSA) is 48.5 Å². The lowest BCUT2D eigenvalue weighted by molar-refractivity contribution is -0.128. The van der Waals surface area contributed by atoms with Crippen molar-refractivity contribution in [3.05, 3.63) is 23.9 Å². The number of aromatic nitrogens is 1. The Hall–Kier alpha value is -1.62. The van der Waals surface area contributed by atoms with Crippen molar-refractivity contribution in [2.45, 2.75) is 33.2 Å². The number of rotatable bonds is 5. The average molecular weight is 290 g/mol. The Kier molecular flexibility index (Phi) is 5.99. The number of hydrogen-bond acceptors (Lipinski definition) is 4. The largest absolute Gasteiger partial charge is 0.370 e. The number of nitrogens with one attached hydrogen (secondary N) is 1. The van der Waals surface area contributed by atoms with Crippen molar-refractivity contribution in [3.63, 3.8) is 0 Å². The highest BCUT2D eigenvalue weighted by Gasteiger charge is 2.16. The Labute approximate surface area is 127 Å². The first-order valence-electron chi connectivity index (χ1n) is 7.86. The number of nitrogens with zero attached hydrogens (tertiary/aromatic N) is 3. The molecular formula is C16H26N4O. The van der Waals surface area contributed by atoms with Crippen molar-refractivity contribution in [1.82, 2.24) is 14.8 Å². The molecule has 5 heteroatoms. The van der Waals surface area contributed by atoms with Crippen molar-refractivity contribution in [1.29, 1.82) is 0 Å². The van der Waals surface area contributed by atoms with Crippen LogP contribution in [0.1, 0.15) is 32.4 Å². The summed E-state index contributed by atoms with van der Waals surface area (Å²) in [7, 11) is 0. The van der Waals surface area contributed by atoms with Gasteiger partial charge in [-0.05, 0) is 25.0 Å². The van der Waals surface area contributed by atoms with Crippen LogP contribution in [0.2, 0.25) is 0 Å². The van der Waals surface area contributed by atoms with E-state index in [4.69, 9.17) is 0 Å². The van der Waals surface area contributed by atoms with Crippen LogP contribution < -0.4 is 5.32 Å². The monoisotopic (exact) mass is 290 g/mol. The van der Waals surface area contributed by atoms with E-state index in [9.17, 15) is 4.79 Å². The first kappa shape index (κ1) is 15.8. The SMILES string of the molecule is CCCNc1cccc(CN2CCCN(C(C)=O)CC2)n1. The Bertz CT molecular complexity index is 463. The predicted octanol–water partition coefficient (Wildman–Crippen LogP) is 1.96. The maximum Gasteiger partial charge on any atom is 0.219 e. The van der Waals surface area contributed by atoms with E-state index in [0.29, 0.717) is 0 Å². The van der Waals surface area contributed by atoms with Crippen molar-refractivity contribution in [3.8, 4) is 0 Å². The molecule has 1 N–H and O–H groups in total. The molecule has 0 atom stereocenters. The Morgan fingerprint density at radius 2 is 2.14 bits per heavy atom. The molecule has 1 aromatic rings. The minimum absolute atomic E-state index is 0.181. The van der Waals surface area contributed by atoms with Crippen LogP contribution in [0.5, 0.6) is 0 Å². The van der Waals surface area contributed by atoms with Crippen LogP contribution >= 0.6 is 0 Å².